The van der Waals surface area contributed by atoms with Gasteiger partial charge in [-0.1, -0.05) is 11.6 Å². The molecule has 0 radical (unpaired) electrons. The molecule has 1 aromatic carbocycles. The molecule has 1 fully saturated rings. The molecular formula is C15H20ClNO2. The minimum atomic E-state index is 0.112. The second-order valence-electron chi connectivity index (χ2n) is 5.19. The summed E-state index contributed by atoms with van der Waals surface area (Å²) in [5, 5.41) is 0.651. The zero-order chi connectivity index (χ0) is 13.7. The van der Waals surface area contributed by atoms with Gasteiger partial charge in [-0.15, -0.1) is 0 Å². The maximum Gasteiger partial charge on any atom is 0.176 e. The Bertz CT molecular complexity index is 415. The zero-order valence-electron chi connectivity index (χ0n) is 11.3. The Morgan fingerprint density at radius 2 is 2.05 bits per heavy atom. The molecule has 0 aromatic heterocycles. The molecule has 1 aliphatic rings. The van der Waals surface area contributed by atoms with E-state index in [0.717, 1.165) is 19.1 Å². The summed E-state index contributed by atoms with van der Waals surface area (Å²) in [6, 6.07) is 7.02. The van der Waals surface area contributed by atoms with Crippen LogP contribution in [0.15, 0.2) is 24.3 Å². The van der Waals surface area contributed by atoms with Crippen LogP contribution in [0.3, 0.4) is 0 Å². The summed E-state index contributed by atoms with van der Waals surface area (Å²) in [5.41, 5.74) is 0.704. The molecule has 4 heteroatoms. The summed E-state index contributed by atoms with van der Waals surface area (Å²) in [7, 11) is 1.94. The molecule has 0 saturated heterocycles. The van der Waals surface area contributed by atoms with E-state index in [1.54, 1.807) is 24.3 Å². The maximum atomic E-state index is 12.0. The summed E-state index contributed by atoms with van der Waals surface area (Å²) in [4.78, 5) is 14.0. The highest BCUT2D eigenvalue weighted by Gasteiger charge is 2.21. The number of carbonyl (C=O) groups is 1. The number of hydrogen-bond acceptors (Lipinski definition) is 3. The average Bonchev–Trinajstić information content (AvgIpc) is 3.19. The highest BCUT2D eigenvalue weighted by Crippen LogP contribution is 2.28. The first kappa shape index (κ1) is 14.5. The van der Waals surface area contributed by atoms with Crippen molar-refractivity contribution in [1.82, 2.24) is 4.90 Å². The van der Waals surface area contributed by atoms with Gasteiger partial charge in [0.2, 0.25) is 0 Å². The molecule has 0 aliphatic heterocycles. The van der Waals surface area contributed by atoms with Crippen molar-refractivity contribution < 1.29 is 9.53 Å². The third-order valence-electron chi connectivity index (χ3n) is 3.25. The van der Waals surface area contributed by atoms with Gasteiger partial charge in [-0.2, -0.15) is 0 Å². The lowest BCUT2D eigenvalue weighted by Crippen LogP contribution is -2.29. The molecule has 0 amide bonds. The quantitative estimate of drug-likeness (QED) is 0.542. The Morgan fingerprint density at radius 3 is 2.68 bits per heavy atom. The first-order valence-electron chi connectivity index (χ1n) is 6.70. The summed E-state index contributed by atoms with van der Waals surface area (Å²) in [5.74, 6) is 0.905. The molecule has 0 unspecified atom stereocenters. The zero-order valence-corrected chi connectivity index (χ0v) is 12.0. The van der Waals surface area contributed by atoms with Crippen molar-refractivity contribution in [3.05, 3.63) is 34.9 Å². The van der Waals surface area contributed by atoms with Gasteiger partial charge in [0.25, 0.3) is 0 Å². The van der Waals surface area contributed by atoms with Gasteiger partial charge in [0.15, 0.2) is 5.78 Å². The van der Waals surface area contributed by atoms with Crippen molar-refractivity contribution in [2.75, 3.05) is 33.4 Å². The van der Waals surface area contributed by atoms with Crippen LogP contribution in [0, 0.1) is 5.92 Å². The maximum absolute atomic E-state index is 12.0. The van der Waals surface area contributed by atoms with Gasteiger partial charge in [0.05, 0.1) is 13.2 Å². The number of rotatable bonds is 8. The molecule has 1 saturated carbocycles. The lowest BCUT2D eigenvalue weighted by molar-refractivity contribution is 0.0861. The van der Waals surface area contributed by atoms with E-state index in [2.05, 4.69) is 0 Å². The van der Waals surface area contributed by atoms with Crippen LogP contribution >= 0.6 is 11.6 Å². The van der Waals surface area contributed by atoms with E-state index in [0.29, 0.717) is 23.7 Å². The highest BCUT2D eigenvalue weighted by molar-refractivity contribution is 6.30. The van der Waals surface area contributed by atoms with Crippen LogP contribution in [0.1, 0.15) is 23.2 Å². The number of halogens is 1. The number of Topliss-reactive ketones (excluding diaryl/α,β-unsaturated/α-hetero) is 1. The van der Waals surface area contributed by atoms with Crippen LogP contribution in [0.4, 0.5) is 0 Å². The van der Waals surface area contributed by atoms with Crippen molar-refractivity contribution in [2.24, 2.45) is 5.92 Å². The Hall–Kier alpha value is -0.900. The average molecular weight is 282 g/mol. The van der Waals surface area contributed by atoms with Crippen LogP contribution in [0.25, 0.3) is 0 Å². The fraction of sp³-hybridized carbons (Fsp3) is 0.533. The van der Waals surface area contributed by atoms with Crippen molar-refractivity contribution >= 4 is 17.4 Å². The van der Waals surface area contributed by atoms with Gasteiger partial charge < -0.3 is 4.74 Å². The smallest absolute Gasteiger partial charge is 0.176 e. The predicted octanol–water partition coefficient (Wildman–Crippen LogP) is 2.88. The molecule has 104 valence electrons. The molecule has 0 atom stereocenters. The molecule has 1 aliphatic carbocycles. The van der Waals surface area contributed by atoms with Crippen LogP contribution < -0.4 is 0 Å². The van der Waals surface area contributed by atoms with Crippen LogP contribution in [-0.2, 0) is 4.74 Å². The molecule has 0 N–H and O–H groups in total. The molecule has 2 rings (SSSR count). The fourth-order valence-electron chi connectivity index (χ4n) is 1.81. The number of benzene rings is 1. The lowest BCUT2D eigenvalue weighted by atomic mass is 10.1. The fourth-order valence-corrected chi connectivity index (χ4v) is 1.93. The largest absolute Gasteiger partial charge is 0.380 e. The Kier molecular flexibility index (Phi) is 5.37. The number of carbonyl (C=O) groups excluding carboxylic acids is 1. The first-order chi connectivity index (χ1) is 9.15. The van der Waals surface area contributed by atoms with Crippen LogP contribution in [-0.4, -0.2) is 44.0 Å². The second-order valence-corrected chi connectivity index (χ2v) is 5.62. The summed E-state index contributed by atoms with van der Waals surface area (Å²) in [6.45, 7) is 2.76. The molecule has 0 heterocycles. The lowest BCUT2D eigenvalue weighted by Gasteiger charge is -2.15. The van der Waals surface area contributed by atoms with E-state index in [1.807, 2.05) is 11.9 Å². The Morgan fingerprint density at radius 1 is 1.37 bits per heavy atom. The van der Waals surface area contributed by atoms with E-state index >= 15 is 0 Å². The number of nitrogens with zero attached hydrogens (tertiary/aromatic N) is 1. The normalized spacial score (nSPS) is 14.9. The van der Waals surface area contributed by atoms with E-state index in [-0.39, 0.29) is 5.78 Å². The van der Waals surface area contributed by atoms with Crippen LogP contribution in [0.5, 0.6) is 0 Å². The van der Waals surface area contributed by atoms with E-state index in [4.69, 9.17) is 16.3 Å². The van der Waals surface area contributed by atoms with Gasteiger partial charge in [-0.3, -0.25) is 9.69 Å². The minimum absolute atomic E-state index is 0.112. The van der Waals surface area contributed by atoms with E-state index in [1.165, 1.54) is 12.8 Å². The topological polar surface area (TPSA) is 29.5 Å². The number of likely N-dealkylation sites (N-methyl/N-ethyl adjacent to an activating group) is 1. The predicted molar refractivity (Wildman–Crippen MR) is 76.8 cm³/mol. The third kappa shape index (κ3) is 5.31. The minimum Gasteiger partial charge on any atom is -0.380 e. The van der Waals surface area contributed by atoms with Crippen molar-refractivity contribution in [1.29, 1.82) is 0 Å². The summed E-state index contributed by atoms with van der Waals surface area (Å²) < 4.78 is 5.56. The first-order valence-corrected chi connectivity index (χ1v) is 7.08. The van der Waals surface area contributed by atoms with E-state index < -0.39 is 0 Å². The van der Waals surface area contributed by atoms with Gasteiger partial charge in [0, 0.05) is 23.7 Å². The third-order valence-corrected chi connectivity index (χ3v) is 3.50. The molecule has 0 bridgehead atoms. The molecule has 0 spiro atoms. The number of hydrogen-bond donors (Lipinski definition) is 0. The number of ether oxygens (including phenoxy) is 1. The van der Waals surface area contributed by atoms with Gasteiger partial charge in [-0.05, 0) is 50.1 Å². The highest BCUT2D eigenvalue weighted by atomic mass is 35.5. The molecule has 19 heavy (non-hydrogen) atoms. The summed E-state index contributed by atoms with van der Waals surface area (Å²) in [6.07, 6.45) is 2.62. The standard InChI is InChI=1S/C15H20ClNO2/c1-17(8-9-19-11-12-2-3-12)10-15(18)13-4-6-14(16)7-5-13/h4-7,12H,2-3,8-11H2,1H3. The Labute approximate surface area is 119 Å². The van der Waals surface area contributed by atoms with Crippen molar-refractivity contribution in [3.63, 3.8) is 0 Å². The van der Waals surface area contributed by atoms with Gasteiger partial charge in [0.1, 0.15) is 0 Å². The molecule has 1 aromatic rings. The van der Waals surface area contributed by atoms with Crippen LogP contribution in [0.2, 0.25) is 5.02 Å². The Balaban J connectivity index is 1.66. The van der Waals surface area contributed by atoms with Gasteiger partial charge >= 0.3 is 0 Å². The monoisotopic (exact) mass is 281 g/mol. The SMILES string of the molecule is CN(CCOCC1CC1)CC(=O)c1ccc(Cl)cc1. The number of ketones is 1. The van der Waals surface area contributed by atoms with E-state index in [9.17, 15) is 4.79 Å². The van der Waals surface area contributed by atoms with Crippen molar-refractivity contribution in [3.8, 4) is 0 Å². The summed E-state index contributed by atoms with van der Waals surface area (Å²) >= 11 is 5.80. The molecular weight excluding hydrogens is 262 g/mol. The molecule has 3 nitrogen and oxygen atoms in total. The second kappa shape index (κ2) is 7.04. The van der Waals surface area contributed by atoms with Gasteiger partial charge in [-0.25, -0.2) is 0 Å². The van der Waals surface area contributed by atoms with Crippen molar-refractivity contribution in [2.45, 2.75) is 12.8 Å².